The standard InChI is InChI=1S/C30H29N5O3S/c1-39-13-12-28(30(37)38)34-29(36)26-11-10-24(15-27(26)23-8-3-2-4-9-23)33-18-25-17-32-20-35(25)19-22-7-5-6-21(14-22)16-31/h2-11,14-15,17,20,28,33H,12-13,18-19H2,1H3,(H,34,36)(H,37,38)/t28-/m0/s1. The van der Waals surface area contributed by atoms with E-state index in [1.165, 1.54) is 11.8 Å². The van der Waals surface area contributed by atoms with Crippen LogP contribution in [0.15, 0.2) is 85.3 Å². The van der Waals surface area contributed by atoms with Crippen molar-refractivity contribution >= 4 is 29.3 Å². The Bertz CT molecular complexity index is 1480. The molecule has 0 unspecified atom stereocenters. The van der Waals surface area contributed by atoms with Gasteiger partial charge in [0.2, 0.25) is 0 Å². The molecule has 0 saturated heterocycles. The van der Waals surface area contributed by atoms with E-state index in [-0.39, 0.29) is 0 Å². The largest absolute Gasteiger partial charge is 0.480 e. The molecule has 39 heavy (non-hydrogen) atoms. The van der Waals surface area contributed by atoms with Crippen LogP contribution in [0.3, 0.4) is 0 Å². The van der Waals surface area contributed by atoms with Crippen LogP contribution < -0.4 is 10.6 Å². The van der Waals surface area contributed by atoms with E-state index in [1.807, 2.05) is 71.5 Å². The second kappa shape index (κ2) is 13.3. The molecule has 0 spiro atoms. The number of aromatic nitrogens is 2. The van der Waals surface area contributed by atoms with Crippen molar-refractivity contribution in [2.45, 2.75) is 25.6 Å². The predicted octanol–water partition coefficient (Wildman–Crippen LogP) is 5.02. The van der Waals surface area contributed by atoms with Gasteiger partial charge in [-0.05, 0) is 65.5 Å². The molecule has 8 nitrogen and oxygen atoms in total. The number of anilines is 1. The maximum absolute atomic E-state index is 13.2. The lowest BCUT2D eigenvalue weighted by Gasteiger charge is -2.17. The van der Waals surface area contributed by atoms with Crippen LogP contribution in [0.25, 0.3) is 11.1 Å². The molecular weight excluding hydrogens is 510 g/mol. The second-order valence-corrected chi connectivity index (χ2v) is 9.94. The summed E-state index contributed by atoms with van der Waals surface area (Å²) in [5, 5.41) is 24.9. The average Bonchev–Trinajstić information content (AvgIpc) is 3.40. The number of nitrogens with zero attached hydrogens (tertiary/aromatic N) is 3. The molecule has 1 aromatic heterocycles. The van der Waals surface area contributed by atoms with Crippen molar-refractivity contribution in [3.63, 3.8) is 0 Å². The van der Waals surface area contributed by atoms with Gasteiger partial charge in [0.05, 0.1) is 30.2 Å². The number of carboxylic acids is 1. The number of hydrogen-bond acceptors (Lipinski definition) is 6. The molecule has 0 aliphatic heterocycles. The van der Waals surface area contributed by atoms with Gasteiger partial charge in [-0.3, -0.25) is 4.79 Å². The summed E-state index contributed by atoms with van der Waals surface area (Å²) in [6.07, 6.45) is 5.80. The van der Waals surface area contributed by atoms with E-state index in [9.17, 15) is 20.0 Å². The van der Waals surface area contributed by atoms with E-state index in [2.05, 4.69) is 21.7 Å². The van der Waals surface area contributed by atoms with Gasteiger partial charge in [-0.25, -0.2) is 9.78 Å². The van der Waals surface area contributed by atoms with Crippen LogP contribution in [-0.2, 0) is 17.9 Å². The van der Waals surface area contributed by atoms with Crippen LogP contribution in [0.4, 0.5) is 5.69 Å². The van der Waals surface area contributed by atoms with Crippen LogP contribution in [0.2, 0.25) is 0 Å². The maximum Gasteiger partial charge on any atom is 0.326 e. The number of imidazole rings is 1. The van der Waals surface area contributed by atoms with Crippen molar-refractivity contribution < 1.29 is 14.7 Å². The van der Waals surface area contributed by atoms with Gasteiger partial charge in [-0.15, -0.1) is 0 Å². The molecule has 1 heterocycles. The van der Waals surface area contributed by atoms with E-state index in [0.29, 0.717) is 42.0 Å². The maximum atomic E-state index is 13.2. The molecule has 0 saturated carbocycles. The van der Waals surface area contributed by atoms with Crippen molar-refractivity contribution in [2.24, 2.45) is 0 Å². The molecule has 198 valence electrons. The summed E-state index contributed by atoms with van der Waals surface area (Å²) in [6, 6.07) is 23.7. The first kappa shape index (κ1) is 27.5. The van der Waals surface area contributed by atoms with Gasteiger partial charge in [-0.2, -0.15) is 17.0 Å². The molecule has 9 heteroatoms. The zero-order valence-corrected chi connectivity index (χ0v) is 22.3. The first-order valence-electron chi connectivity index (χ1n) is 12.4. The molecule has 0 aliphatic rings. The van der Waals surface area contributed by atoms with Gasteiger partial charge in [0.15, 0.2) is 0 Å². The quantitative estimate of drug-likeness (QED) is 0.231. The second-order valence-electron chi connectivity index (χ2n) is 8.95. The molecule has 3 aromatic carbocycles. The average molecular weight is 540 g/mol. The van der Waals surface area contributed by atoms with Crippen LogP contribution >= 0.6 is 11.8 Å². The summed E-state index contributed by atoms with van der Waals surface area (Å²) < 4.78 is 2.02. The summed E-state index contributed by atoms with van der Waals surface area (Å²) >= 11 is 1.54. The van der Waals surface area contributed by atoms with E-state index >= 15 is 0 Å². The van der Waals surface area contributed by atoms with Crippen LogP contribution in [0.5, 0.6) is 0 Å². The summed E-state index contributed by atoms with van der Waals surface area (Å²) in [4.78, 5) is 29.2. The lowest BCUT2D eigenvalue weighted by molar-refractivity contribution is -0.139. The molecule has 3 N–H and O–H groups in total. The number of rotatable bonds is 12. The minimum Gasteiger partial charge on any atom is -0.480 e. The van der Waals surface area contributed by atoms with E-state index in [1.54, 1.807) is 24.7 Å². The topological polar surface area (TPSA) is 120 Å². The number of carbonyl (C=O) groups excluding carboxylic acids is 1. The zero-order chi connectivity index (χ0) is 27.6. The van der Waals surface area contributed by atoms with Crippen LogP contribution in [0, 0.1) is 11.3 Å². The smallest absolute Gasteiger partial charge is 0.326 e. The first-order valence-corrected chi connectivity index (χ1v) is 13.8. The molecule has 0 aliphatic carbocycles. The Kier molecular flexibility index (Phi) is 9.38. The summed E-state index contributed by atoms with van der Waals surface area (Å²) in [5.74, 6) is -0.842. The minimum atomic E-state index is -1.05. The third kappa shape index (κ3) is 7.27. The summed E-state index contributed by atoms with van der Waals surface area (Å²) in [6.45, 7) is 1.08. The Balaban J connectivity index is 1.54. The van der Waals surface area contributed by atoms with Crippen molar-refractivity contribution in [3.8, 4) is 17.2 Å². The van der Waals surface area contributed by atoms with E-state index in [0.717, 1.165) is 22.5 Å². The Hall–Kier alpha value is -4.55. The Morgan fingerprint density at radius 2 is 1.92 bits per heavy atom. The van der Waals surface area contributed by atoms with Gasteiger partial charge < -0.3 is 20.3 Å². The van der Waals surface area contributed by atoms with Crippen molar-refractivity contribution in [2.75, 3.05) is 17.3 Å². The Labute approximate surface area is 231 Å². The minimum absolute atomic E-state index is 0.344. The molecule has 4 rings (SSSR count). The summed E-state index contributed by atoms with van der Waals surface area (Å²) in [5.41, 5.74) is 5.35. The summed E-state index contributed by atoms with van der Waals surface area (Å²) in [7, 11) is 0. The predicted molar refractivity (Wildman–Crippen MR) is 154 cm³/mol. The number of nitriles is 1. The fourth-order valence-electron chi connectivity index (χ4n) is 4.20. The molecule has 0 radical (unpaired) electrons. The molecule has 1 atom stereocenters. The third-order valence-corrected chi connectivity index (χ3v) is 6.89. The monoisotopic (exact) mass is 539 g/mol. The molecule has 1 amide bonds. The fraction of sp³-hybridized carbons (Fsp3) is 0.200. The van der Waals surface area contributed by atoms with Crippen molar-refractivity contribution in [1.29, 1.82) is 5.26 Å². The lowest BCUT2D eigenvalue weighted by atomic mass is 9.98. The molecule has 0 bridgehead atoms. The third-order valence-electron chi connectivity index (χ3n) is 6.24. The highest BCUT2D eigenvalue weighted by atomic mass is 32.2. The highest BCUT2D eigenvalue weighted by Crippen LogP contribution is 2.28. The fourth-order valence-corrected chi connectivity index (χ4v) is 4.68. The first-order chi connectivity index (χ1) is 19.0. The van der Waals surface area contributed by atoms with Gasteiger partial charge in [0.25, 0.3) is 5.91 Å². The Morgan fingerprint density at radius 3 is 2.67 bits per heavy atom. The van der Waals surface area contributed by atoms with Gasteiger partial charge in [0, 0.05) is 24.0 Å². The number of carbonyl (C=O) groups is 2. The van der Waals surface area contributed by atoms with E-state index in [4.69, 9.17) is 0 Å². The number of hydrogen-bond donors (Lipinski definition) is 3. The number of carboxylic acid groups (broad SMARTS) is 1. The highest BCUT2D eigenvalue weighted by Gasteiger charge is 2.22. The number of nitrogens with one attached hydrogen (secondary N) is 2. The zero-order valence-electron chi connectivity index (χ0n) is 21.5. The number of benzene rings is 3. The molecular formula is C30H29N5O3S. The van der Waals surface area contributed by atoms with E-state index < -0.39 is 17.9 Å². The molecule has 4 aromatic rings. The number of aliphatic carboxylic acids is 1. The molecule has 0 fully saturated rings. The van der Waals surface area contributed by atoms with Crippen molar-refractivity contribution in [1.82, 2.24) is 14.9 Å². The number of amides is 1. The van der Waals surface area contributed by atoms with Gasteiger partial charge in [0.1, 0.15) is 6.04 Å². The van der Waals surface area contributed by atoms with Gasteiger partial charge in [-0.1, -0.05) is 42.5 Å². The van der Waals surface area contributed by atoms with Crippen LogP contribution in [-0.4, -0.2) is 44.6 Å². The van der Waals surface area contributed by atoms with Crippen LogP contribution in [0.1, 0.15) is 33.6 Å². The van der Waals surface area contributed by atoms with Gasteiger partial charge >= 0.3 is 5.97 Å². The Morgan fingerprint density at radius 1 is 1.10 bits per heavy atom. The van der Waals surface area contributed by atoms with Crippen molar-refractivity contribution in [3.05, 3.63) is 108 Å². The SMILES string of the molecule is CSCC[C@H](NC(=O)c1ccc(NCc2cncn2Cc2cccc(C#N)c2)cc1-c1ccccc1)C(=O)O. The highest BCUT2D eigenvalue weighted by molar-refractivity contribution is 7.98. The number of thioether (sulfide) groups is 1. The lowest BCUT2D eigenvalue weighted by Crippen LogP contribution is -2.41. The normalized spacial score (nSPS) is 11.4.